The molecule has 0 aliphatic rings. The summed E-state index contributed by atoms with van der Waals surface area (Å²) in [6.07, 6.45) is 0. The van der Waals surface area contributed by atoms with E-state index in [-0.39, 0.29) is 11.7 Å². The number of carbonyl (C=O) groups excluding carboxylic acids is 1. The largest absolute Gasteiger partial charge is 0.411 e. The van der Waals surface area contributed by atoms with Crippen molar-refractivity contribution in [1.29, 1.82) is 0 Å². The summed E-state index contributed by atoms with van der Waals surface area (Å²) in [5.41, 5.74) is 2.59. The fourth-order valence-corrected chi connectivity index (χ4v) is 3.05. The molecule has 0 spiro atoms. The van der Waals surface area contributed by atoms with E-state index in [0.29, 0.717) is 21.8 Å². The normalized spacial score (nSPS) is 10.7. The lowest BCUT2D eigenvalue weighted by Gasteiger charge is -2.05. The van der Waals surface area contributed by atoms with Crippen molar-refractivity contribution >= 4 is 50.9 Å². The minimum atomic E-state index is -0.182. The van der Waals surface area contributed by atoms with Gasteiger partial charge >= 0.3 is 0 Å². The van der Waals surface area contributed by atoms with Gasteiger partial charge < -0.3 is 9.73 Å². The monoisotopic (exact) mass is 437 g/mol. The lowest BCUT2D eigenvalue weighted by molar-refractivity contribution is -0.113. The highest BCUT2D eigenvalue weighted by Crippen LogP contribution is 2.26. The number of hydrogen-bond acceptors (Lipinski definition) is 5. The number of hydrogen-bond donors (Lipinski definition) is 1. The number of carbonyl (C=O) groups is 1. The second-order valence-electron chi connectivity index (χ2n) is 5.21. The number of amides is 1. The Morgan fingerprint density at radius 2 is 2.12 bits per heavy atom. The van der Waals surface area contributed by atoms with Gasteiger partial charge in [0.25, 0.3) is 5.22 Å². The zero-order valence-electron chi connectivity index (χ0n) is 13.1. The van der Waals surface area contributed by atoms with Gasteiger partial charge in [-0.3, -0.25) is 4.79 Å². The molecule has 0 unspecified atom stereocenters. The van der Waals surface area contributed by atoms with Crippen molar-refractivity contribution in [3.05, 3.63) is 57.5 Å². The van der Waals surface area contributed by atoms with Crippen LogP contribution >= 0.6 is 39.3 Å². The van der Waals surface area contributed by atoms with Crippen LogP contribution in [0.1, 0.15) is 5.56 Å². The van der Waals surface area contributed by atoms with E-state index in [2.05, 4.69) is 31.4 Å². The third-order valence-electron chi connectivity index (χ3n) is 3.20. The van der Waals surface area contributed by atoms with E-state index in [1.54, 1.807) is 18.2 Å². The van der Waals surface area contributed by atoms with Crippen molar-refractivity contribution in [3.63, 3.8) is 0 Å². The van der Waals surface area contributed by atoms with Gasteiger partial charge in [-0.05, 0) is 53.2 Å². The van der Waals surface area contributed by atoms with Crippen molar-refractivity contribution in [2.75, 3.05) is 11.1 Å². The molecule has 25 heavy (non-hydrogen) atoms. The molecule has 0 bridgehead atoms. The number of halogens is 2. The predicted molar refractivity (Wildman–Crippen MR) is 103 cm³/mol. The van der Waals surface area contributed by atoms with Crippen LogP contribution in [0.5, 0.6) is 0 Å². The fraction of sp³-hybridized carbons (Fsp3) is 0.118. The van der Waals surface area contributed by atoms with Crippen molar-refractivity contribution in [2.45, 2.75) is 12.1 Å². The number of anilines is 1. The Labute approximate surface area is 162 Å². The van der Waals surface area contributed by atoms with Gasteiger partial charge in [0.05, 0.1) is 10.8 Å². The van der Waals surface area contributed by atoms with Crippen molar-refractivity contribution in [2.24, 2.45) is 0 Å². The van der Waals surface area contributed by atoms with Gasteiger partial charge in [-0.1, -0.05) is 41.1 Å². The molecule has 1 heterocycles. The first-order valence-electron chi connectivity index (χ1n) is 7.29. The quantitative estimate of drug-likeness (QED) is 0.555. The predicted octanol–water partition coefficient (Wildman–Crippen LogP) is 5.19. The van der Waals surface area contributed by atoms with Gasteiger partial charge in [-0.25, -0.2) is 0 Å². The molecular weight excluding hydrogens is 426 g/mol. The van der Waals surface area contributed by atoms with Gasteiger partial charge in [0.1, 0.15) is 0 Å². The minimum Gasteiger partial charge on any atom is -0.411 e. The van der Waals surface area contributed by atoms with Crippen LogP contribution in [0.2, 0.25) is 5.02 Å². The number of nitrogens with one attached hydrogen (secondary N) is 1. The third-order valence-corrected chi connectivity index (χ3v) is 5.25. The van der Waals surface area contributed by atoms with Gasteiger partial charge in [0, 0.05) is 15.7 Å². The first kappa shape index (κ1) is 18.0. The van der Waals surface area contributed by atoms with Crippen LogP contribution in [0.4, 0.5) is 5.69 Å². The standard InChI is InChI=1S/C17H13BrClN3O2S/c1-10-3-2-4-11(7-10)16-21-22-17(24-16)25-9-15(23)20-12-5-6-13(18)14(19)8-12/h2-8H,9H2,1H3,(H,20,23). The van der Waals surface area contributed by atoms with Crippen LogP contribution in [-0.2, 0) is 4.79 Å². The number of benzene rings is 2. The number of aryl methyl sites for hydroxylation is 1. The Balaban J connectivity index is 1.58. The minimum absolute atomic E-state index is 0.156. The number of aromatic nitrogens is 2. The van der Waals surface area contributed by atoms with Crippen LogP contribution in [0.25, 0.3) is 11.5 Å². The van der Waals surface area contributed by atoms with Crippen LogP contribution in [0.15, 0.2) is 56.6 Å². The number of rotatable bonds is 5. The fourth-order valence-electron chi connectivity index (χ4n) is 2.06. The summed E-state index contributed by atoms with van der Waals surface area (Å²) in [7, 11) is 0. The van der Waals surface area contributed by atoms with Gasteiger partial charge in [-0.2, -0.15) is 0 Å². The lowest BCUT2D eigenvalue weighted by Crippen LogP contribution is -2.13. The zero-order valence-corrected chi connectivity index (χ0v) is 16.3. The molecule has 0 aliphatic heterocycles. The van der Waals surface area contributed by atoms with Crippen molar-refractivity contribution < 1.29 is 9.21 Å². The Hall–Kier alpha value is -1.83. The van der Waals surface area contributed by atoms with E-state index in [4.69, 9.17) is 16.0 Å². The van der Waals surface area contributed by atoms with E-state index >= 15 is 0 Å². The number of thioether (sulfide) groups is 1. The highest BCUT2D eigenvalue weighted by Gasteiger charge is 2.12. The molecule has 0 saturated carbocycles. The second kappa shape index (κ2) is 8.03. The van der Waals surface area contributed by atoms with Gasteiger partial charge in [0.2, 0.25) is 11.8 Å². The Bertz CT molecular complexity index is 916. The molecule has 0 aliphatic carbocycles. The molecule has 2 aromatic carbocycles. The molecular formula is C17H13BrClN3O2S. The Kier molecular flexibility index (Phi) is 5.78. The molecule has 0 atom stereocenters. The first-order chi connectivity index (χ1) is 12.0. The lowest BCUT2D eigenvalue weighted by atomic mass is 10.1. The molecule has 0 radical (unpaired) electrons. The Morgan fingerprint density at radius 3 is 2.88 bits per heavy atom. The van der Waals surface area contributed by atoms with E-state index in [0.717, 1.165) is 15.6 Å². The van der Waals surface area contributed by atoms with Crippen LogP contribution in [-0.4, -0.2) is 21.9 Å². The maximum absolute atomic E-state index is 12.0. The highest BCUT2D eigenvalue weighted by molar-refractivity contribution is 9.10. The summed E-state index contributed by atoms with van der Waals surface area (Å²) >= 11 is 10.5. The third kappa shape index (κ3) is 4.84. The molecule has 0 saturated heterocycles. The summed E-state index contributed by atoms with van der Waals surface area (Å²) in [6, 6.07) is 13.0. The molecule has 8 heteroatoms. The molecule has 1 N–H and O–H groups in total. The molecule has 1 amide bonds. The SMILES string of the molecule is Cc1cccc(-c2nnc(SCC(=O)Nc3ccc(Br)c(Cl)c3)o2)c1. The van der Waals surface area contributed by atoms with Gasteiger partial charge in [0.15, 0.2) is 0 Å². The maximum Gasteiger partial charge on any atom is 0.277 e. The summed E-state index contributed by atoms with van der Waals surface area (Å²) in [5, 5.41) is 11.6. The van der Waals surface area contributed by atoms with Crippen molar-refractivity contribution in [3.8, 4) is 11.5 Å². The van der Waals surface area contributed by atoms with E-state index < -0.39 is 0 Å². The molecule has 5 nitrogen and oxygen atoms in total. The summed E-state index contributed by atoms with van der Waals surface area (Å²) < 4.78 is 6.37. The molecule has 128 valence electrons. The average molecular weight is 439 g/mol. The number of nitrogens with zero attached hydrogens (tertiary/aromatic N) is 2. The smallest absolute Gasteiger partial charge is 0.277 e. The molecule has 3 rings (SSSR count). The highest BCUT2D eigenvalue weighted by atomic mass is 79.9. The first-order valence-corrected chi connectivity index (χ1v) is 9.45. The van der Waals surface area contributed by atoms with Gasteiger partial charge in [-0.15, -0.1) is 10.2 Å². The summed E-state index contributed by atoms with van der Waals surface area (Å²) in [6.45, 7) is 1.99. The summed E-state index contributed by atoms with van der Waals surface area (Å²) in [5.74, 6) is 0.411. The van der Waals surface area contributed by atoms with Crippen molar-refractivity contribution in [1.82, 2.24) is 10.2 Å². The summed E-state index contributed by atoms with van der Waals surface area (Å²) in [4.78, 5) is 12.0. The molecule has 0 fully saturated rings. The van der Waals surface area contributed by atoms with Crippen LogP contribution < -0.4 is 5.32 Å². The zero-order chi connectivity index (χ0) is 17.8. The maximum atomic E-state index is 12.0. The average Bonchev–Trinajstić information content (AvgIpc) is 3.05. The van der Waals surface area contributed by atoms with E-state index in [1.165, 1.54) is 11.8 Å². The molecule has 3 aromatic rings. The van der Waals surface area contributed by atoms with E-state index in [9.17, 15) is 4.79 Å². The van der Waals surface area contributed by atoms with E-state index in [1.807, 2.05) is 31.2 Å². The molecule has 1 aromatic heterocycles. The Morgan fingerprint density at radius 1 is 1.28 bits per heavy atom. The topological polar surface area (TPSA) is 68.0 Å². The van der Waals surface area contributed by atoms with Crippen LogP contribution in [0.3, 0.4) is 0 Å². The van der Waals surface area contributed by atoms with Crippen LogP contribution in [0, 0.1) is 6.92 Å². The second-order valence-corrected chi connectivity index (χ2v) is 7.40.